The van der Waals surface area contributed by atoms with Crippen LogP contribution in [0.15, 0.2) is 0 Å². The standard InChI is InChI=1S/C3H6O2.K/c1-2-3(4)5;/h2H2,1H3,(H,4,5);/q;+1/p+1. The van der Waals surface area contributed by atoms with Crippen molar-refractivity contribution in [3.8, 4) is 0 Å². The van der Waals surface area contributed by atoms with Crippen LogP contribution < -0.4 is 51.4 Å². The summed E-state index contributed by atoms with van der Waals surface area (Å²) < 4.78 is 0. The fourth-order valence-corrected chi connectivity index (χ4v) is 0. The van der Waals surface area contributed by atoms with Crippen LogP contribution in [-0.2, 0) is 4.79 Å². The van der Waals surface area contributed by atoms with Gasteiger partial charge in [0, 0.05) is 6.42 Å². The second-order valence-electron chi connectivity index (χ2n) is 0.747. The minimum absolute atomic E-state index is 0. The number of aliphatic carboxylic acids is 1. The first kappa shape index (κ1) is 10.2. The van der Waals surface area contributed by atoms with Crippen molar-refractivity contribution in [3.05, 3.63) is 0 Å². The third-order valence-corrected chi connectivity index (χ3v) is 0.302. The Kier molecular flexibility index (Phi) is 10.3. The normalized spacial score (nSPS) is 6.17. The molecule has 0 fully saturated rings. The third kappa shape index (κ3) is 8.92. The molecule has 0 aliphatic heterocycles. The quantitative estimate of drug-likeness (QED) is 0.386. The third-order valence-electron chi connectivity index (χ3n) is 0.302. The van der Waals surface area contributed by atoms with Gasteiger partial charge >= 0.3 is 58.8 Å². The minimum Gasteiger partial charge on any atom is -0.481 e. The summed E-state index contributed by atoms with van der Waals surface area (Å²) in [4.78, 5) is 9.37. The summed E-state index contributed by atoms with van der Waals surface area (Å²) in [6.45, 7) is 1.60. The van der Waals surface area contributed by atoms with E-state index in [9.17, 15) is 4.79 Å². The summed E-state index contributed by atoms with van der Waals surface area (Å²) in [7, 11) is 0. The summed E-state index contributed by atoms with van der Waals surface area (Å²) in [5, 5.41) is 7.72. The molecule has 6 heavy (non-hydrogen) atoms. The minimum atomic E-state index is -0.745. The van der Waals surface area contributed by atoms with E-state index in [1.807, 2.05) is 0 Å². The summed E-state index contributed by atoms with van der Waals surface area (Å²) in [5.74, 6) is -0.745. The molecule has 0 rings (SSSR count). The van der Waals surface area contributed by atoms with Gasteiger partial charge in [-0.05, 0) is 0 Å². The molecule has 0 unspecified atom stereocenters. The van der Waals surface area contributed by atoms with E-state index in [-0.39, 0.29) is 59.2 Å². The fourth-order valence-electron chi connectivity index (χ4n) is 0. The van der Waals surface area contributed by atoms with E-state index >= 15 is 0 Å². The van der Waals surface area contributed by atoms with Crippen LogP contribution in [0.2, 0.25) is 0 Å². The average molecular weight is 114 g/mol. The van der Waals surface area contributed by atoms with Crippen molar-refractivity contribution in [2.45, 2.75) is 13.3 Å². The molecule has 2 nitrogen and oxygen atoms in total. The number of hydrogen-bond acceptors (Lipinski definition) is 1. The molecule has 0 radical (unpaired) electrons. The van der Waals surface area contributed by atoms with Crippen molar-refractivity contribution in [1.82, 2.24) is 0 Å². The first-order valence-corrected chi connectivity index (χ1v) is 1.49. The van der Waals surface area contributed by atoms with Crippen molar-refractivity contribution in [1.29, 1.82) is 0 Å². The van der Waals surface area contributed by atoms with Gasteiger partial charge in [-0.3, -0.25) is 4.79 Å². The van der Waals surface area contributed by atoms with E-state index in [0.29, 0.717) is 0 Å². The zero-order chi connectivity index (χ0) is 4.28. The molecule has 0 atom stereocenters. The molecule has 0 aliphatic carbocycles. The van der Waals surface area contributed by atoms with Gasteiger partial charge in [-0.1, -0.05) is 6.92 Å². The Bertz CT molecular complexity index is 48.2. The van der Waals surface area contributed by atoms with Crippen molar-refractivity contribution >= 4 is 5.97 Å². The molecule has 0 aromatic carbocycles. The second kappa shape index (κ2) is 6.11. The van der Waals surface area contributed by atoms with Gasteiger partial charge in [0.15, 0.2) is 0 Å². The topological polar surface area (TPSA) is 37.3 Å². The van der Waals surface area contributed by atoms with Gasteiger partial charge < -0.3 is 5.11 Å². The van der Waals surface area contributed by atoms with Crippen molar-refractivity contribution < 1.29 is 62.7 Å². The Morgan fingerprint density at radius 3 is 2.17 bits per heavy atom. The molecule has 0 spiro atoms. The second-order valence-corrected chi connectivity index (χ2v) is 0.747. The first-order valence-electron chi connectivity index (χ1n) is 1.49. The van der Waals surface area contributed by atoms with Gasteiger partial charge in [-0.15, -0.1) is 0 Å². The molecule has 30 valence electrons. The molecular formula is C3H7KO2+2. The van der Waals surface area contributed by atoms with Crippen LogP contribution in [0.5, 0.6) is 0 Å². The molecular weight excluding hydrogens is 107 g/mol. The number of carbonyl (C=O) groups is 1. The molecule has 0 bridgehead atoms. The Hall–Kier alpha value is 1.11. The summed E-state index contributed by atoms with van der Waals surface area (Å²) in [6, 6.07) is 0. The van der Waals surface area contributed by atoms with Gasteiger partial charge in [0.2, 0.25) is 0 Å². The van der Waals surface area contributed by atoms with E-state index in [1.165, 1.54) is 0 Å². The first-order chi connectivity index (χ1) is 2.27. The van der Waals surface area contributed by atoms with Crippen LogP contribution in [0, 0.1) is 0 Å². The molecule has 0 amide bonds. The van der Waals surface area contributed by atoms with Crippen molar-refractivity contribution in [3.63, 3.8) is 0 Å². The van der Waals surface area contributed by atoms with E-state index in [4.69, 9.17) is 5.11 Å². The molecule has 0 aromatic rings. The van der Waals surface area contributed by atoms with E-state index in [2.05, 4.69) is 0 Å². The van der Waals surface area contributed by atoms with E-state index < -0.39 is 5.97 Å². The molecule has 0 aliphatic rings. The van der Waals surface area contributed by atoms with Crippen LogP contribution in [0.4, 0.5) is 0 Å². The van der Waals surface area contributed by atoms with Crippen LogP contribution >= 0.6 is 0 Å². The maximum atomic E-state index is 9.37. The predicted octanol–water partition coefficient (Wildman–Crippen LogP) is -2.40. The zero-order valence-corrected chi connectivity index (χ0v) is 7.19. The monoisotopic (exact) mass is 114 g/mol. The number of carboxylic acids is 1. The van der Waals surface area contributed by atoms with Crippen LogP contribution in [-0.4, -0.2) is 11.1 Å². The van der Waals surface area contributed by atoms with E-state index in [0.717, 1.165) is 0 Å². The Morgan fingerprint density at radius 1 is 2.00 bits per heavy atom. The van der Waals surface area contributed by atoms with Crippen molar-refractivity contribution in [2.75, 3.05) is 0 Å². The van der Waals surface area contributed by atoms with Crippen LogP contribution in [0.1, 0.15) is 14.8 Å². The van der Waals surface area contributed by atoms with E-state index in [1.54, 1.807) is 6.92 Å². The SMILES string of the molecule is CCC(=O)O.[H+].[K+]. The van der Waals surface area contributed by atoms with Gasteiger partial charge in [0.25, 0.3) is 0 Å². The molecule has 3 heteroatoms. The Labute approximate surface area is 80.8 Å². The summed E-state index contributed by atoms with van der Waals surface area (Å²) in [5.41, 5.74) is 0. The molecule has 0 aromatic heterocycles. The van der Waals surface area contributed by atoms with Crippen LogP contribution in [0.3, 0.4) is 0 Å². The summed E-state index contributed by atoms with van der Waals surface area (Å²) in [6.07, 6.45) is 0.222. The van der Waals surface area contributed by atoms with Gasteiger partial charge in [0.1, 0.15) is 0 Å². The number of hydrogen-bond donors (Lipinski definition) is 1. The van der Waals surface area contributed by atoms with Gasteiger partial charge in [0.05, 0.1) is 0 Å². The largest absolute Gasteiger partial charge is 1.00 e. The Balaban J connectivity index is -0.0000000800. The smallest absolute Gasteiger partial charge is 0.481 e. The van der Waals surface area contributed by atoms with Crippen LogP contribution in [0.25, 0.3) is 0 Å². The van der Waals surface area contributed by atoms with Crippen molar-refractivity contribution in [2.24, 2.45) is 0 Å². The zero-order valence-electron chi connectivity index (χ0n) is 5.06. The Morgan fingerprint density at radius 2 is 2.17 bits per heavy atom. The maximum Gasteiger partial charge on any atom is 1.00 e. The number of rotatable bonds is 1. The predicted molar refractivity (Wildman–Crippen MR) is 19.0 cm³/mol. The molecule has 0 saturated heterocycles. The molecule has 0 saturated carbocycles. The maximum absolute atomic E-state index is 9.37. The number of carboxylic acid groups (broad SMARTS) is 1. The summed E-state index contributed by atoms with van der Waals surface area (Å²) >= 11 is 0. The van der Waals surface area contributed by atoms with Gasteiger partial charge in [-0.25, -0.2) is 0 Å². The fraction of sp³-hybridized carbons (Fsp3) is 0.667. The molecule has 0 heterocycles. The molecule has 1 N–H and O–H groups in total. The van der Waals surface area contributed by atoms with Gasteiger partial charge in [-0.2, -0.15) is 0 Å². The average Bonchev–Trinajstić information content (AvgIpc) is 1.38.